The van der Waals surface area contributed by atoms with Gasteiger partial charge in [-0.25, -0.2) is 4.79 Å². The van der Waals surface area contributed by atoms with Crippen LogP contribution in [0.15, 0.2) is 0 Å². The molecule has 0 aromatic rings. The first kappa shape index (κ1) is 13.4. The third-order valence-corrected chi connectivity index (χ3v) is 1.90. The molecule has 1 N–H and O–H groups in total. The van der Waals surface area contributed by atoms with Crippen LogP contribution in [0.1, 0.15) is 20.3 Å². The van der Waals surface area contributed by atoms with E-state index in [1.807, 2.05) is 0 Å². The molecule has 0 heterocycles. The van der Waals surface area contributed by atoms with Crippen LogP contribution < -0.4 is 0 Å². The van der Waals surface area contributed by atoms with Gasteiger partial charge in [-0.3, -0.25) is 9.59 Å². The standard InChI is InChI=1S/C9H15NO5/c1-4-15-9(14)8(13)10(3)6(2)5-7(11)12/h6H,4-5H2,1-3H3,(H,11,12). The van der Waals surface area contributed by atoms with Crippen molar-refractivity contribution < 1.29 is 24.2 Å². The highest BCUT2D eigenvalue weighted by Gasteiger charge is 2.24. The molecule has 6 nitrogen and oxygen atoms in total. The average Bonchev–Trinajstić information content (AvgIpc) is 2.14. The van der Waals surface area contributed by atoms with E-state index in [9.17, 15) is 14.4 Å². The fourth-order valence-electron chi connectivity index (χ4n) is 0.927. The minimum absolute atomic E-state index is 0.117. The summed E-state index contributed by atoms with van der Waals surface area (Å²) in [6.07, 6.45) is -0.207. The molecule has 0 aliphatic heterocycles. The second-order valence-electron chi connectivity index (χ2n) is 3.08. The maximum absolute atomic E-state index is 11.3. The van der Waals surface area contributed by atoms with Gasteiger partial charge in [-0.05, 0) is 13.8 Å². The minimum Gasteiger partial charge on any atom is -0.481 e. The van der Waals surface area contributed by atoms with Crippen molar-refractivity contribution in [3.8, 4) is 0 Å². The summed E-state index contributed by atoms with van der Waals surface area (Å²) in [5, 5.41) is 8.50. The lowest BCUT2D eigenvalue weighted by atomic mass is 10.2. The number of aliphatic carboxylic acids is 1. The van der Waals surface area contributed by atoms with Gasteiger partial charge in [0.15, 0.2) is 0 Å². The lowest BCUT2D eigenvalue weighted by Gasteiger charge is -2.22. The molecule has 0 saturated carbocycles. The zero-order valence-corrected chi connectivity index (χ0v) is 9.02. The number of hydrogen-bond acceptors (Lipinski definition) is 4. The molecule has 1 unspecified atom stereocenters. The lowest BCUT2D eigenvalue weighted by Crippen LogP contribution is -2.41. The minimum atomic E-state index is -1.02. The van der Waals surface area contributed by atoms with Crippen molar-refractivity contribution >= 4 is 17.8 Å². The SMILES string of the molecule is CCOC(=O)C(=O)N(C)C(C)CC(=O)O. The van der Waals surface area contributed by atoms with E-state index in [4.69, 9.17) is 5.11 Å². The van der Waals surface area contributed by atoms with Gasteiger partial charge in [0.1, 0.15) is 0 Å². The highest BCUT2D eigenvalue weighted by molar-refractivity contribution is 6.32. The molecule has 0 saturated heterocycles. The Labute approximate surface area is 87.8 Å². The Balaban J connectivity index is 4.30. The van der Waals surface area contributed by atoms with Crippen molar-refractivity contribution in [3.63, 3.8) is 0 Å². The molecule has 0 fully saturated rings. The van der Waals surface area contributed by atoms with E-state index in [-0.39, 0.29) is 13.0 Å². The van der Waals surface area contributed by atoms with Crippen LogP contribution in [0, 0.1) is 0 Å². The van der Waals surface area contributed by atoms with Gasteiger partial charge < -0.3 is 14.7 Å². The number of amides is 1. The van der Waals surface area contributed by atoms with E-state index in [1.54, 1.807) is 13.8 Å². The average molecular weight is 217 g/mol. The van der Waals surface area contributed by atoms with Crippen LogP contribution in [0.2, 0.25) is 0 Å². The summed E-state index contributed by atoms with van der Waals surface area (Å²) in [7, 11) is 1.37. The Kier molecular flexibility index (Phi) is 5.36. The number of carboxylic acid groups (broad SMARTS) is 1. The predicted octanol–water partition coefficient (Wildman–Crippen LogP) is -0.129. The first-order valence-electron chi connectivity index (χ1n) is 4.55. The molecule has 15 heavy (non-hydrogen) atoms. The summed E-state index contributed by atoms with van der Waals surface area (Å²) in [6, 6.07) is -0.542. The maximum atomic E-state index is 11.3. The largest absolute Gasteiger partial charge is 0.481 e. The van der Waals surface area contributed by atoms with Gasteiger partial charge in [-0.1, -0.05) is 0 Å². The van der Waals surface area contributed by atoms with Crippen LogP contribution in [0.5, 0.6) is 0 Å². The number of esters is 1. The van der Waals surface area contributed by atoms with E-state index >= 15 is 0 Å². The molecule has 0 aliphatic rings. The van der Waals surface area contributed by atoms with Crippen LogP contribution in [-0.2, 0) is 19.1 Å². The van der Waals surface area contributed by atoms with Gasteiger partial charge in [0.2, 0.25) is 0 Å². The number of carbonyl (C=O) groups is 3. The highest BCUT2D eigenvalue weighted by atomic mass is 16.5. The van der Waals surface area contributed by atoms with Crippen LogP contribution in [0.3, 0.4) is 0 Å². The van der Waals surface area contributed by atoms with Crippen molar-refractivity contribution in [2.45, 2.75) is 26.3 Å². The van der Waals surface area contributed by atoms with Gasteiger partial charge in [0.25, 0.3) is 0 Å². The summed E-state index contributed by atoms with van der Waals surface area (Å²) in [6.45, 7) is 3.25. The van der Waals surface area contributed by atoms with E-state index in [0.717, 1.165) is 4.90 Å². The lowest BCUT2D eigenvalue weighted by molar-refractivity contribution is -0.160. The number of likely N-dealkylation sites (N-methyl/N-ethyl adjacent to an activating group) is 1. The highest BCUT2D eigenvalue weighted by Crippen LogP contribution is 2.02. The molecule has 0 bridgehead atoms. The van der Waals surface area contributed by atoms with Gasteiger partial charge in [0, 0.05) is 13.1 Å². The van der Waals surface area contributed by atoms with Crippen molar-refractivity contribution in [1.82, 2.24) is 4.90 Å². The molecule has 0 aliphatic carbocycles. The summed E-state index contributed by atoms with van der Waals surface area (Å²) < 4.78 is 4.50. The molecule has 0 aromatic carbocycles. The fraction of sp³-hybridized carbons (Fsp3) is 0.667. The molecule has 6 heteroatoms. The number of carbonyl (C=O) groups excluding carboxylic acids is 2. The van der Waals surface area contributed by atoms with Crippen LogP contribution in [-0.4, -0.2) is 47.5 Å². The van der Waals surface area contributed by atoms with E-state index in [0.29, 0.717) is 0 Å². The Bertz CT molecular complexity index is 263. The predicted molar refractivity (Wildman–Crippen MR) is 51.1 cm³/mol. The summed E-state index contributed by atoms with van der Waals surface area (Å²) in [5.74, 6) is -2.81. The quantitative estimate of drug-likeness (QED) is 0.524. The Hall–Kier alpha value is -1.59. The zero-order chi connectivity index (χ0) is 12.0. The number of hydrogen-bond donors (Lipinski definition) is 1. The van der Waals surface area contributed by atoms with Crippen molar-refractivity contribution in [1.29, 1.82) is 0 Å². The third-order valence-electron chi connectivity index (χ3n) is 1.90. The maximum Gasteiger partial charge on any atom is 0.397 e. The summed E-state index contributed by atoms with van der Waals surface area (Å²) in [5.41, 5.74) is 0. The second-order valence-corrected chi connectivity index (χ2v) is 3.08. The van der Waals surface area contributed by atoms with Crippen molar-refractivity contribution in [3.05, 3.63) is 0 Å². The van der Waals surface area contributed by atoms with Gasteiger partial charge in [-0.2, -0.15) is 0 Å². The molecule has 0 aromatic heterocycles. The molecular weight excluding hydrogens is 202 g/mol. The van der Waals surface area contributed by atoms with Crippen molar-refractivity contribution in [2.75, 3.05) is 13.7 Å². The molecule has 1 amide bonds. The molecule has 0 rings (SSSR count). The van der Waals surface area contributed by atoms with Gasteiger partial charge >= 0.3 is 17.8 Å². The van der Waals surface area contributed by atoms with E-state index in [1.165, 1.54) is 7.05 Å². The van der Waals surface area contributed by atoms with Crippen molar-refractivity contribution in [2.24, 2.45) is 0 Å². The molecule has 0 radical (unpaired) electrons. The number of carboxylic acids is 1. The van der Waals surface area contributed by atoms with Crippen LogP contribution >= 0.6 is 0 Å². The van der Waals surface area contributed by atoms with Gasteiger partial charge in [-0.15, -0.1) is 0 Å². The Morgan fingerprint density at radius 3 is 2.33 bits per heavy atom. The molecule has 86 valence electrons. The second kappa shape index (κ2) is 6.00. The van der Waals surface area contributed by atoms with E-state index < -0.39 is 23.9 Å². The number of rotatable bonds is 4. The molecule has 1 atom stereocenters. The molecular formula is C9H15NO5. The van der Waals surface area contributed by atoms with E-state index in [2.05, 4.69) is 4.74 Å². The molecule has 0 spiro atoms. The summed E-state index contributed by atoms with van der Waals surface area (Å²) >= 11 is 0. The van der Waals surface area contributed by atoms with Gasteiger partial charge in [0.05, 0.1) is 13.0 Å². The first-order valence-corrected chi connectivity index (χ1v) is 4.55. The first-order chi connectivity index (χ1) is 6.90. The van der Waals surface area contributed by atoms with Crippen LogP contribution in [0.25, 0.3) is 0 Å². The zero-order valence-electron chi connectivity index (χ0n) is 9.02. The number of ether oxygens (including phenoxy) is 1. The fourth-order valence-corrected chi connectivity index (χ4v) is 0.927. The summed E-state index contributed by atoms with van der Waals surface area (Å²) in [4.78, 5) is 33.8. The van der Waals surface area contributed by atoms with Crippen LogP contribution in [0.4, 0.5) is 0 Å². The third kappa shape index (κ3) is 4.44. The monoisotopic (exact) mass is 217 g/mol. The smallest absolute Gasteiger partial charge is 0.397 e. The Morgan fingerprint density at radius 1 is 1.40 bits per heavy atom. The number of nitrogens with zero attached hydrogens (tertiary/aromatic N) is 1. The topological polar surface area (TPSA) is 83.9 Å². The normalized spacial score (nSPS) is 11.7. The Morgan fingerprint density at radius 2 is 1.93 bits per heavy atom.